The second-order valence-electron chi connectivity index (χ2n) is 6.12. The molecule has 1 aliphatic carbocycles. The quantitative estimate of drug-likeness (QED) is 0.875. The van der Waals surface area contributed by atoms with E-state index in [0.29, 0.717) is 6.04 Å². The van der Waals surface area contributed by atoms with E-state index in [1.807, 2.05) is 24.3 Å². The van der Waals surface area contributed by atoms with Crippen molar-refractivity contribution in [3.63, 3.8) is 0 Å². The van der Waals surface area contributed by atoms with Crippen LogP contribution in [0.25, 0.3) is 0 Å². The molecule has 0 saturated heterocycles. The molecule has 1 atom stereocenters. The van der Waals surface area contributed by atoms with Crippen molar-refractivity contribution in [1.82, 2.24) is 5.32 Å². The Morgan fingerprint density at radius 3 is 2.32 bits per heavy atom. The van der Waals surface area contributed by atoms with E-state index in [9.17, 15) is 0 Å². The number of hydrogen-bond donors (Lipinski definition) is 1. The summed E-state index contributed by atoms with van der Waals surface area (Å²) in [5.41, 5.74) is 3.35. The Morgan fingerprint density at radius 2 is 1.68 bits per heavy atom. The van der Waals surface area contributed by atoms with Crippen molar-refractivity contribution in [3.05, 3.63) is 71.3 Å². The van der Waals surface area contributed by atoms with Crippen LogP contribution in [0.2, 0.25) is 0 Å². The Morgan fingerprint density at radius 1 is 1.00 bits per heavy atom. The van der Waals surface area contributed by atoms with E-state index in [4.69, 9.17) is 5.26 Å². The molecule has 1 saturated carbocycles. The van der Waals surface area contributed by atoms with Gasteiger partial charge in [0.05, 0.1) is 11.6 Å². The molecule has 1 aliphatic rings. The topological polar surface area (TPSA) is 35.8 Å². The van der Waals surface area contributed by atoms with E-state index in [-0.39, 0.29) is 0 Å². The third-order valence-electron chi connectivity index (χ3n) is 4.64. The third-order valence-corrected chi connectivity index (χ3v) is 4.64. The summed E-state index contributed by atoms with van der Waals surface area (Å²) in [5, 5.41) is 12.6. The summed E-state index contributed by atoms with van der Waals surface area (Å²) in [5.74, 6) is 0.737. The Kier molecular flexibility index (Phi) is 4.88. The number of hydrogen-bond acceptors (Lipinski definition) is 2. The van der Waals surface area contributed by atoms with Crippen LogP contribution in [0.3, 0.4) is 0 Å². The van der Waals surface area contributed by atoms with Crippen LogP contribution in [0, 0.1) is 17.2 Å². The standard InChI is InChI=1S/C20H22N2/c21-14-16-10-12-17(13-11-16)15-22-20(19-8-4-5-9-19)18-6-2-1-3-7-18/h1-3,6-7,10-13,19-20,22H,4-5,8-9,15H2. The van der Waals surface area contributed by atoms with Gasteiger partial charge in [0.15, 0.2) is 0 Å². The average molecular weight is 290 g/mol. The Hall–Kier alpha value is -2.11. The second-order valence-corrected chi connectivity index (χ2v) is 6.12. The van der Waals surface area contributed by atoms with Gasteiger partial charge in [0.1, 0.15) is 0 Å². The zero-order valence-electron chi connectivity index (χ0n) is 12.8. The molecule has 3 rings (SSSR count). The lowest BCUT2D eigenvalue weighted by atomic mass is 9.91. The summed E-state index contributed by atoms with van der Waals surface area (Å²) in [7, 11) is 0. The molecular formula is C20H22N2. The maximum Gasteiger partial charge on any atom is 0.0991 e. The van der Waals surface area contributed by atoms with Crippen LogP contribution in [0.4, 0.5) is 0 Å². The molecule has 0 bridgehead atoms. The molecule has 0 spiro atoms. The van der Waals surface area contributed by atoms with E-state index in [2.05, 4.69) is 41.7 Å². The predicted molar refractivity (Wildman–Crippen MR) is 89.1 cm³/mol. The number of nitriles is 1. The van der Waals surface area contributed by atoms with E-state index < -0.39 is 0 Å². The molecule has 2 heteroatoms. The lowest BCUT2D eigenvalue weighted by molar-refractivity contribution is 0.366. The summed E-state index contributed by atoms with van der Waals surface area (Å²) < 4.78 is 0. The molecule has 0 heterocycles. The Bertz CT molecular complexity index is 619. The van der Waals surface area contributed by atoms with Crippen LogP contribution < -0.4 is 5.32 Å². The third kappa shape index (κ3) is 3.55. The highest BCUT2D eigenvalue weighted by atomic mass is 14.9. The molecule has 0 aliphatic heterocycles. The molecule has 1 N–H and O–H groups in total. The zero-order chi connectivity index (χ0) is 15.2. The molecule has 112 valence electrons. The Labute approximate surface area is 132 Å². The lowest BCUT2D eigenvalue weighted by Crippen LogP contribution is -2.26. The summed E-state index contributed by atoms with van der Waals surface area (Å²) in [6, 6.07) is 21.3. The number of nitrogens with one attached hydrogen (secondary N) is 1. The molecule has 0 radical (unpaired) electrons. The van der Waals surface area contributed by atoms with Gasteiger partial charge in [-0.1, -0.05) is 55.3 Å². The highest BCUT2D eigenvalue weighted by Gasteiger charge is 2.25. The molecule has 1 unspecified atom stereocenters. The largest absolute Gasteiger partial charge is 0.306 e. The molecule has 0 aromatic heterocycles. The molecule has 1 fully saturated rings. The van der Waals surface area contributed by atoms with Gasteiger partial charge in [-0.05, 0) is 42.0 Å². The highest BCUT2D eigenvalue weighted by Crippen LogP contribution is 2.35. The summed E-state index contributed by atoms with van der Waals surface area (Å²) in [6.07, 6.45) is 5.35. The van der Waals surface area contributed by atoms with Gasteiger partial charge in [-0.25, -0.2) is 0 Å². The molecular weight excluding hydrogens is 268 g/mol. The van der Waals surface area contributed by atoms with Gasteiger partial charge in [-0.15, -0.1) is 0 Å². The first-order chi connectivity index (χ1) is 10.9. The molecule has 2 aromatic carbocycles. The monoisotopic (exact) mass is 290 g/mol. The van der Waals surface area contributed by atoms with E-state index in [0.717, 1.165) is 18.0 Å². The minimum Gasteiger partial charge on any atom is -0.306 e. The number of benzene rings is 2. The first kappa shape index (κ1) is 14.8. The van der Waals surface area contributed by atoms with Gasteiger partial charge in [0, 0.05) is 12.6 Å². The average Bonchev–Trinajstić information content (AvgIpc) is 3.11. The number of rotatable bonds is 5. The van der Waals surface area contributed by atoms with Gasteiger partial charge >= 0.3 is 0 Å². The fourth-order valence-electron chi connectivity index (χ4n) is 3.43. The molecule has 22 heavy (non-hydrogen) atoms. The summed E-state index contributed by atoms with van der Waals surface area (Å²) in [6.45, 7) is 0.849. The van der Waals surface area contributed by atoms with Crippen LogP contribution in [-0.4, -0.2) is 0 Å². The first-order valence-electron chi connectivity index (χ1n) is 8.14. The smallest absolute Gasteiger partial charge is 0.0991 e. The van der Waals surface area contributed by atoms with Gasteiger partial charge < -0.3 is 5.32 Å². The van der Waals surface area contributed by atoms with Crippen LogP contribution in [-0.2, 0) is 6.54 Å². The predicted octanol–water partition coefficient (Wildman–Crippen LogP) is 4.58. The molecule has 0 amide bonds. The van der Waals surface area contributed by atoms with Crippen molar-refractivity contribution in [2.24, 2.45) is 5.92 Å². The summed E-state index contributed by atoms with van der Waals surface area (Å²) in [4.78, 5) is 0. The number of nitrogens with zero attached hydrogens (tertiary/aromatic N) is 1. The van der Waals surface area contributed by atoms with Crippen molar-refractivity contribution in [1.29, 1.82) is 5.26 Å². The Balaban J connectivity index is 1.71. The van der Waals surface area contributed by atoms with Gasteiger partial charge in [0.25, 0.3) is 0 Å². The lowest BCUT2D eigenvalue weighted by Gasteiger charge is -2.25. The maximum absolute atomic E-state index is 8.87. The highest BCUT2D eigenvalue weighted by molar-refractivity contribution is 5.31. The molecule has 2 nitrogen and oxygen atoms in total. The van der Waals surface area contributed by atoms with Gasteiger partial charge in [-0.3, -0.25) is 0 Å². The first-order valence-corrected chi connectivity index (χ1v) is 8.14. The normalized spacial score (nSPS) is 16.3. The van der Waals surface area contributed by atoms with E-state index in [1.54, 1.807) is 0 Å². The van der Waals surface area contributed by atoms with Crippen molar-refractivity contribution >= 4 is 0 Å². The van der Waals surface area contributed by atoms with Crippen molar-refractivity contribution in [2.75, 3.05) is 0 Å². The molecule has 2 aromatic rings. The SMILES string of the molecule is N#Cc1ccc(CNC(c2ccccc2)C2CCCC2)cc1. The fourth-order valence-corrected chi connectivity index (χ4v) is 3.43. The minimum atomic E-state index is 0.430. The van der Waals surface area contributed by atoms with Gasteiger partial charge in [0.2, 0.25) is 0 Å². The van der Waals surface area contributed by atoms with Crippen LogP contribution in [0.1, 0.15) is 48.4 Å². The fraction of sp³-hybridized carbons (Fsp3) is 0.350. The van der Waals surface area contributed by atoms with Crippen LogP contribution >= 0.6 is 0 Å². The van der Waals surface area contributed by atoms with E-state index in [1.165, 1.54) is 36.8 Å². The second kappa shape index (κ2) is 7.24. The van der Waals surface area contributed by atoms with E-state index >= 15 is 0 Å². The minimum absolute atomic E-state index is 0.430. The van der Waals surface area contributed by atoms with Crippen LogP contribution in [0.15, 0.2) is 54.6 Å². The summed E-state index contributed by atoms with van der Waals surface area (Å²) >= 11 is 0. The van der Waals surface area contributed by atoms with Gasteiger partial charge in [-0.2, -0.15) is 5.26 Å². The zero-order valence-corrected chi connectivity index (χ0v) is 12.8. The van der Waals surface area contributed by atoms with Crippen LogP contribution in [0.5, 0.6) is 0 Å². The maximum atomic E-state index is 8.87. The van der Waals surface area contributed by atoms with Crippen molar-refractivity contribution in [2.45, 2.75) is 38.3 Å². The van der Waals surface area contributed by atoms with Crippen molar-refractivity contribution in [3.8, 4) is 6.07 Å². The van der Waals surface area contributed by atoms with Crippen molar-refractivity contribution < 1.29 is 0 Å².